The van der Waals surface area contributed by atoms with Crippen LogP contribution in [-0.4, -0.2) is 14.3 Å². The van der Waals surface area contributed by atoms with E-state index in [1.807, 2.05) is 0 Å². The van der Waals surface area contributed by atoms with Crippen molar-refractivity contribution in [3.63, 3.8) is 0 Å². The Kier molecular flexibility index (Phi) is 6.90. The molecule has 0 aliphatic rings. The van der Waals surface area contributed by atoms with E-state index in [-0.39, 0.29) is 22.8 Å². The van der Waals surface area contributed by atoms with Crippen LogP contribution in [0.1, 0.15) is 5.56 Å². The highest BCUT2D eigenvalue weighted by atomic mass is 35.5. The zero-order valence-electron chi connectivity index (χ0n) is 15.2. The van der Waals surface area contributed by atoms with Crippen LogP contribution in [0.25, 0.3) is 0 Å². The minimum absolute atomic E-state index is 0.00403. The van der Waals surface area contributed by atoms with Crippen LogP contribution in [-0.2, 0) is 21.2 Å². The molecule has 0 saturated heterocycles. The Morgan fingerprint density at radius 2 is 1.70 bits per heavy atom. The maximum absolute atomic E-state index is 12.4. The summed E-state index contributed by atoms with van der Waals surface area (Å²) < 4.78 is 29.7. The molecule has 0 radical (unpaired) electrons. The highest BCUT2D eigenvalue weighted by Gasteiger charge is 2.18. The fraction of sp³-hybridized carbons (Fsp3) is 0.0500. The van der Waals surface area contributed by atoms with Gasteiger partial charge in [0.05, 0.1) is 6.42 Å². The van der Waals surface area contributed by atoms with Crippen molar-refractivity contribution in [2.24, 2.45) is 5.14 Å². The molecule has 30 heavy (non-hydrogen) atoms. The van der Waals surface area contributed by atoms with E-state index in [1.165, 1.54) is 24.3 Å². The van der Waals surface area contributed by atoms with Crippen molar-refractivity contribution in [3.05, 3.63) is 81.3 Å². The predicted molar refractivity (Wildman–Crippen MR) is 118 cm³/mol. The van der Waals surface area contributed by atoms with Gasteiger partial charge in [0, 0.05) is 20.8 Å². The number of hydrogen-bond acceptors (Lipinski definition) is 4. The molecule has 0 aliphatic carbocycles. The van der Waals surface area contributed by atoms with E-state index in [1.54, 1.807) is 36.4 Å². The molecule has 3 aromatic rings. The van der Waals surface area contributed by atoms with Crippen molar-refractivity contribution in [1.29, 1.82) is 0 Å². The lowest BCUT2D eigenvalue weighted by Crippen LogP contribution is -2.17. The number of carbonyl (C=O) groups excluding carboxylic acids is 1. The van der Waals surface area contributed by atoms with Gasteiger partial charge in [-0.15, -0.1) is 0 Å². The molecule has 0 fully saturated rings. The van der Waals surface area contributed by atoms with E-state index in [0.717, 1.165) is 0 Å². The summed E-state index contributed by atoms with van der Waals surface area (Å²) in [7, 11) is -4.14. The summed E-state index contributed by atoms with van der Waals surface area (Å²) in [6.07, 6.45) is -0.0507. The van der Waals surface area contributed by atoms with E-state index >= 15 is 0 Å². The molecule has 1 amide bonds. The molecule has 3 aromatic carbocycles. The second-order valence-corrected chi connectivity index (χ2v) is 9.04. The third-order valence-electron chi connectivity index (χ3n) is 3.92. The number of sulfonamides is 1. The van der Waals surface area contributed by atoms with Crippen LogP contribution in [0.15, 0.2) is 65.6 Å². The smallest absolute Gasteiger partial charge is 0.241 e. The summed E-state index contributed by atoms with van der Waals surface area (Å²) in [6.45, 7) is 0. The average molecular weight is 486 g/mol. The van der Waals surface area contributed by atoms with E-state index in [2.05, 4.69) is 5.32 Å². The fourth-order valence-electron chi connectivity index (χ4n) is 2.61. The molecule has 0 unspecified atom stereocenters. The summed E-state index contributed by atoms with van der Waals surface area (Å²) in [5, 5.41) is 9.20. The number of carbonyl (C=O) groups is 1. The predicted octanol–water partition coefficient (Wildman–Crippen LogP) is 5.27. The van der Waals surface area contributed by atoms with E-state index in [0.29, 0.717) is 26.4 Å². The number of rotatable bonds is 6. The second-order valence-electron chi connectivity index (χ2n) is 6.23. The standard InChI is InChI=1S/C20H15Cl3N2O4S/c21-13-2-1-3-16(10-13)29-18-7-5-15(11-19(18)30(24,27)28)25-20(26)9-12-8-14(22)4-6-17(12)23/h1-8,10-11H,9H2,(H,25,26)(H2,24,27,28). The number of anilines is 1. The highest BCUT2D eigenvalue weighted by Crippen LogP contribution is 2.32. The molecule has 0 atom stereocenters. The first kappa shape index (κ1) is 22.4. The molecule has 0 heterocycles. The number of benzene rings is 3. The Labute approximate surface area is 188 Å². The first-order valence-corrected chi connectivity index (χ1v) is 11.1. The zero-order valence-corrected chi connectivity index (χ0v) is 18.3. The van der Waals surface area contributed by atoms with Gasteiger partial charge in [-0.2, -0.15) is 0 Å². The van der Waals surface area contributed by atoms with Crippen molar-refractivity contribution in [2.45, 2.75) is 11.3 Å². The lowest BCUT2D eigenvalue weighted by Gasteiger charge is -2.13. The molecule has 10 heteroatoms. The summed E-state index contributed by atoms with van der Waals surface area (Å²) in [5.74, 6) is -0.0847. The minimum atomic E-state index is -4.14. The molecular formula is C20H15Cl3N2O4S. The minimum Gasteiger partial charge on any atom is -0.456 e. The third kappa shape index (κ3) is 5.87. The second kappa shape index (κ2) is 9.24. The number of hydrogen-bond donors (Lipinski definition) is 2. The average Bonchev–Trinajstić information content (AvgIpc) is 2.65. The van der Waals surface area contributed by atoms with Crippen molar-refractivity contribution in [3.8, 4) is 11.5 Å². The number of primary sulfonamides is 1. The van der Waals surface area contributed by atoms with Crippen LogP contribution in [0.4, 0.5) is 5.69 Å². The maximum atomic E-state index is 12.4. The highest BCUT2D eigenvalue weighted by molar-refractivity contribution is 7.89. The Bertz CT molecular complexity index is 1220. The molecule has 3 N–H and O–H groups in total. The number of nitrogens with two attached hydrogens (primary N) is 1. The molecule has 156 valence electrons. The first-order valence-electron chi connectivity index (χ1n) is 8.46. The van der Waals surface area contributed by atoms with Gasteiger partial charge in [-0.05, 0) is 60.2 Å². The number of ether oxygens (including phenoxy) is 1. The largest absolute Gasteiger partial charge is 0.456 e. The Hall–Kier alpha value is -2.29. The van der Waals surface area contributed by atoms with E-state index < -0.39 is 15.9 Å². The monoisotopic (exact) mass is 484 g/mol. The van der Waals surface area contributed by atoms with Gasteiger partial charge in [0.15, 0.2) is 0 Å². The molecule has 0 spiro atoms. The van der Waals surface area contributed by atoms with Crippen molar-refractivity contribution in [1.82, 2.24) is 0 Å². The zero-order chi connectivity index (χ0) is 21.9. The molecule has 0 aliphatic heterocycles. The molecule has 0 bridgehead atoms. The first-order chi connectivity index (χ1) is 14.1. The Morgan fingerprint density at radius 3 is 2.40 bits per heavy atom. The number of halogens is 3. The van der Waals surface area contributed by atoms with Gasteiger partial charge in [0.2, 0.25) is 15.9 Å². The number of nitrogens with one attached hydrogen (secondary N) is 1. The normalized spacial score (nSPS) is 11.2. The third-order valence-corrected chi connectivity index (χ3v) is 5.69. The van der Waals surface area contributed by atoms with Crippen molar-refractivity contribution in [2.75, 3.05) is 5.32 Å². The van der Waals surface area contributed by atoms with E-state index in [9.17, 15) is 13.2 Å². The molecule has 3 rings (SSSR count). The lowest BCUT2D eigenvalue weighted by molar-refractivity contribution is -0.115. The summed E-state index contributed by atoms with van der Waals surface area (Å²) in [4.78, 5) is 12.1. The Balaban J connectivity index is 1.84. The summed E-state index contributed by atoms with van der Waals surface area (Å²) in [5.41, 5.74) is 0.759. The molecule has 0 aromatic heterocycles. The maximum Gasteiger partial charge on any atom is 0.241 e. The van der Waals surface area contributed by atoms with Gasteiger partial charge in [0.1, 0.15) is 16.4 Å². The van der Waals surface area contributed by atoms with Gasteiger partial charge in [-0.3, -0.25) is 4.79 Å². The quantitative estimate of drug-likeness (QED) is 0.497. The molecular weight excluding hydrogens is 471 g/mol. The van der Waals surface area contributed by atoms with Gasteiger partial charge >= 0.3 is 0 Å². The van der Waals surface area contributed by atoms with Gasteiger partial charge in [-0.1, -0.05) is 40.9 Å². The van der Waals surface area contributed by atoms with Crippen LogP contribution in [0, 0.1) is 0 Å². The SMILES string of the molecule is NS(=O)(=O)c1cc(NC(=O)Cc2cc(Cl)ccc2Cl)ccc1Oc1cccc(Cl)c1. The van der Waals surface area contributed by atoms with Crippen LogP contribution in [0.2, 0.25) is 15.1 Å². The topological polar surface area (TPSA) is 98.5 Å². The summed E-state index contributed by atoms with van der Waals surface area (Å²) >= 11 is 17.9. The number of amides is 1. The van der Waals surface area contributed by atoms with Gasteiger partial charge in [0.25, 0.3) is 0 Å². The van der Waals surface area contributed by atoms with Gasteiger partial charge in [-0.25, -0.2) is 13.6 Å². The van der Waals surface area contributed by atoms with Crippen LogP contribution in [0.3, 0.4) is 0 Å². The van der Waals surface area contributed by atoms with Crippen molar-refractivity contribution < 1.29 is 17.9 Å². The van der Waals surface area contributed by atoms with Crippen LogP contribution < -0.4 is 15.2 Å². The molecule has 0 saturated carbocycles. The Morgan fingerprint density at radius 1 is 0.967 bits per heavy atom. The summed E-state index contributed by atoms with van der Waals surface area (Å²) in [6, 6.07) is 15.3. The fourth-order valence-corrected chi connectivity index (χ4v) is 3.85. The van der Waals surface area contributed by atoms with Crippen LogP contribution >= 0.6 is 34.8 Å². The van der Waals surface area contributed by atoms with E-state index in [4.69, 9.17) is 44.7 Å². The van der Waals surface area contributed by atoms with Gasteiger partial charge < -0.3 is 10.1 Å². The lowest BCUT2D eigenvalue weighted by atomic mass is 10.1. The van der Waals surface area contributed by atoms with Crippen molar-refractivity contribution >= 4 is 56.4 Å². The molecule has 6 nitrogen and oxygen atoms in total. The van der Waals surface area contributed by atoms with Crippen LogP contribution in [0.5, 0.6) is 11.5 Å².